The van der Waals surface area contributed by atoms with Crippen molar-refractivity contribution in [3.63, 3.8) is 0 Å². The van der Waals surface area contributed by atoms with Crippen molar-refractivity contribution >= 4 is 24.6 Å². The number of nitrogens with two attached hydrogens (primary N) is 1. The van der Waals surface area contributed by atoms with E-state index in [1.165, 1.54) is 18.7 Å². The SMILES string of the molecule is Nc1ncnc2c1ncn2[C@@H]1CC=C(P(=O)(O)O)O[C@@H]1CO. The van der Waals surface area contributed by atoms with Gasteiger partial charge in [-0.3, -0.25) is 4.57 Å². The van der Waals surface area contributed by atoms with Crippen molar-refractivity contribution in [2.45, 2.75) is 18.6 Å². The zero-order chi connectivity index (χ0) is 15.9. The molecule has 0 aromatic carbocycles. The number of anilines is 1. The molecule has 0 amide bonds. The molecule has 0 aliphatic carbocycles. The van der Waals surface area contributed by atoms with Gasteiger partial charge >= 0.3 is 7.60 Å². The molecule has 2 aromatic rings. The number of nitrogens with zero attached hydrogens (tertiary/aromatic N) is 4. The maximum atomic E-state index is 11.3. The van der Waals surface area contributed by atoms with Gasteiger partial charge in [-0.1, -0.05) is 0 Å². The monoisotopic (exact) mass is 327 g/mol. The lowest BCUT2D eigenvalue weighted by Crippen LogP contribution is -2.32. The molecule has 118 valence electrons. The first-order chi connectivity index (χ1) is 10.4. The number of hydrogen-bond acceptors (Lipinski definition) is 7. The van der Waals surface area contributed by atoms with E-state index in [9.17, 15) is 9.67 Å². The molecule has 0 saturated carbocycles. The second-order valence-electron chi connectivity index (χ2n) is 4.81. The van der Waals surface area contributed by atoms with Crippen LogP contribution in [0.3, 0.4) is 0 Å². The fourth-order valence-electron chi connectivity index (χ4n) is 2.41. The average molecular weight is 327 g/mol. The number of aliphatic hydroxyl groups excluding tert-OH is 1. The summed E-state index contributed by atoms with van der Waals surface area (Å²) in [5, 5.41) is 9.47. The van der Waals surface area contributed by atoms with Gasteiger partial charge in [0.2, 0.25) is 5.50 Å². The molecule has 10 nitrogen and oxygen atoms in total. The summed E-state index contributed by atoms with van der Waals surface area (Å²) in [6.45, 7) is -0.414. The first-order valence-corrected chi connectivity index (χ1v) is 8.00. The van der Waals surface area contributed by atoms with E-state index >= 15 is 0 Å². The van der Waals surface area contributed by atoms with Crippen LogP contribution >= 0.6 is 7.60 Å². The molecule has 0 saturated heterocycles. The smallest absolute Gasteiger partial charge is 0.390 e. The minimum atomic E-state index is -4.49. The minimum Gasteiger partial charge on any atom is -0.478 e. The van der Waals surface area contributed by atoms with Gasteiger partial charge in [-0.25, -0.2) is 15.0 Å². The largest absolute Gasteiger partial charge is 0.478 e. The Morgan fingerprint density at radius 1 is 1.41 bits per heavy atom. The van der Waals surface area contributed by atoms with Crippen molar-refractivity contribution in [3.05, 3.63) is 24.2 Å². The Kier molecular flexibility index (Phi) is 3.61. The van der Waals surface area contributed by atoms with E-state index in [4.69, 9.17) is 20.3 Å². The van der Waals surface area contributed by atoms with Gasteiger partial charge in [-0.05, 0) is 12.5 Å². The number of aliphatic hydroxyl groups is 1. The number of hydrogen-bond donors (Lipinski definition) is 4. The van der Waals surface area contributed by atoms with Gasteiger partial charge < -0.3 is 29.9 Å². The second kappa shape index (κ2) is 5.33. The molecule has 0 unspecified atom stereocenters. The Morgan fingerprint density at radius 3 is 2.86 bits per heavy atom. The quantitative estimate of drug-likeness (QED) is 0.558. The molecule has 1 aliphatic heterocycles. The van der Waals surface area contributed by atoms with E-state index in [1.54, 1.807) is 4.57 Å². The summed E-state index contributed by atoms with van der Waals surface area (Å²) in [6.07, 6.45) is 3.52. The number of imidazole rings is 1. The molecule has 1 aliphatic rings. The van der Waals surface area contributed by atoms with Crippen molar-refractivity contribution in [1.29, 1.82) is 0 Å². The molecule has 0 bridgehead atoms. The summed E-state index contributed by atoms with van der Waals surface area (Å²) in [7, 11) is -4.49. The van der Waals surface area contributed by atoms with Crippen molar-refractivity contribution in [2.75, 3.05) is 12.3 Å². The molecule has 3 rings (SSSR count). The van der Waals surface area contributed by atoms with E-state index in [-0.39, 0.29) is 12.2 Å². The highest BCUT2D eigenvalue weighted by Crippen LogP contribution is 2.49. The van der Waals surface area contributed by atoms with E-state index in [0.717, 1.165) is 0 Å². The highest BCUT2D eigenvalue weighted by atomic mass is 31.2. The zero-order valence-electron chi connectivity index (χ0n) is 11.3. The summed E-state index contributed by atoms with van der Waals surface area (Å²) in [6, 6.07) is -0.417. The Hall–Kier alpha value is -2.00. The van der Waals surface area contributed by atoms with E-state index < -0.39 is 31.8 Å². The highest BCUT2D eigenvalue weighted by Gasteiger charge is 2.35. The number of aromatic nitrogens is 4. The number of rotatable bonds is 3. The molecule has 5 N–H and O–H groups in total. The van der Waals surface area contributed by atoms with Crippen molar-refractivity contribution in [3.8, 4) is 0 Å². The van der Waals surface area contributed by atoms with Crippen LogP contribution in [0.5, 0.6) is 0 Å². The third-order valence-electron chi connectivity index (χ3n) is 3.45. The molecule has 3 heterocycles. The summed E-state index contributed by atoms with van der Waals surface area (Å²) in [5.74, 6) is 0.229. The Labute approximate surface area is 124 Å². The van der Waals surface area contributed by atoms with Gasteiger partial charge in [0, 0.05) is 0 Å². The van der Waals surface area contributed by atoms with Crippen molar-refractivity contribution < 1.29 is 24.2 Å². The van der Waals surface area contributed by atoms with Gasteiger partial charge in [0.05, 0.1) is 19.0 Å². The average Bonchev–Trinajstić information content (AvgIpc) is 2.91. The number of fused-ring (bicyclic) bond motifs is 1. The topological polar surface area (TPSA) is 157 Å². The second-order valence-corrected chi connectivity index (χ2v) is 6.34. The fraction of sp³-hybridized carbons (Fsp3) is 0.364. The number of nitrogen functional groups attached to an aromatic ring is 1. The molecule has 2 aromatic heterocycles. The van der Waals surface area contributed by atoms with Crippen molar-refractivity contribution in [2.24, 2.45) is 0 Å². The maximum absolute atomic E-state index is 11.3. The van der Waals surface area contributed by atoms with Crippen LogP contribution in [0.4, 0.5) is 5.82 Å². The number of ether oxygens (including phenoxy) is 1. The van der Waals surface area contributed by atoms with Gasteiger partial charge in [0.15, 0.2) is 11.5 Å². The van der Waals surface area contributed by atoms with E-state index in [1.807, 2.05) is 0 Å². The minimum absolute atomic E-state index is 0.229. The molecule has 22 heavy (non-hydrogen) atoms. The zero-order valence-corrected chi connectivity index (χ0v) is 12.2. The van der Waals surface area contributed by atoms with Crippen LogP contribution in [-0.4, -0.2) is 47.1 Å². The van der Waals surface area contributed by atoms with Crippen LogP contribution in [0.2, 0.25) is 0 Å². The summed E-state index contributed by atoms with van der Waals surface area (Å²) < 4.78 is 18.2. The van der Waals surface area contributed by atoms with Crippen LogP contribution in [0.1, 0.15) is 12.5 Å². The van der Waals surface area contributed by atoms with E-state index in [2.05, 4.69) is 15.0 Å². The Morgan fingerprint density at radius 2 is 2.18 bits per heavy atom. The predicted molar refractivity (Wildman–Crippen MR) is 75.5 cm³/mol. The lowest BCUT2D eigenvalue weighted by atomic mass is 10.1. The first kappa shape index (κ1) is 14.9. The van der Waals surface area contributed by atoms with Gasteiger partial charge in [-0.15, -0.1) is 0 Å². The normalized spacial score (nSPS) is 22.4. The van der Waals surface area contributed by atoms with Crippen LogP contribution in [0, 0.1) is 0 Å². The number of allylic oxidation sites excluding steroid dienone is 1. The maximum Gasteiger partial charge on any atom is 0.390 e. The Bertz CT molecular complexity index is 784. The van der Waals surface area contributed by atoms with Crippen LogP contribution in [-0.2, 0) is 9.30 Å². The summed E-state index contributed by atoms with van der Waals surface area (Å²) >= 11 is 0. The Balaban J connectivity index is 2.02. The summed E-state index contributed by atoms with van der Waals surface area (Å²) in [5.41, 5.74) is 6.18. The molecular formula is C11H14N5O5P. The molecule has 11 heteroatoms. The highest BCUT2D eigenvalue weighted by molar-refractivity contribution is 7.56. The lowest BCUT2D eigenvalue weighted by molar-refractivity contribution is 0.0176. The predicted octanol–water partition coefficient (Wildman–Crippen LogP) is -0.250. The van der Waals surface area contributed by atoms with Crippen LogP contribution in [0.25, 0.3) is 11.2 Å². The van der Waals surface area contributed by atoms with Gasteiger partial charge in [0.25, 0.3) is 0 Å². The summed E-state index contributed by atoms with van der Waals surface area (Å²) in [4.78, 5) is 30.4. The molecule has 2 atom stereocenters. The van der Waals surface area contributed by atoms with Crippen LogP contribution < -0.4 is 5.73 Å². The standard InChI is InChI=1S/C11H14N5O5P/c12-10-9-11(14-4-13-10)16(5-15-9)6-1-2-8(22(18,19)20)21-7(6)3-17/h2,4-7,17H,1,3H2,(H2,12,13,14)(H2,18,19,20)/t6-,7-/m1/s1. The molecular weight excluding hydrogens is 313 g/mol. The third kappa shape index (κ3) is 2.46. The van der Waals surface area contributed by atoms with E-state index in [0.29, 0.717) is 11.2 Å². The fourth-order valence-corrected chi connectivity index (χ4v) is 3.02. The van der Waals surface area contributed by atoms with Gasteiger partial charge in [0.1, 0.15) is 17.9 Å². The van der Waals surface area contributed by atoms with Crippen molar-refractivity contribution in [1.82, 2.24) is 19.5 Å². The first-order valence-electron chi connectivity index (χ1n) is 6.38. The molecule has 0 fully saturated rings. The van der Waals surface area contributed by atoms with Crippen LogP contribution in [0.15, 0.2) is 24.2 Å². The third-order valence-corrected chi connectivity index (χ3v) is 4.31. The molecule has 0 spiro atoms. The molecule has 0 radical (unpaired) electrons. The lowest BCUT2D eigenvalue weighted by Gasteiger charge is -2.31. The van der Waals surface area contributed by atoms with Gasteiger partial charge in [-0.2, -0.15) is 0 Å².